The van der Waals surface area contributed by atoms with E-state index in [-0.39, 0.29) is 23.1 Å². The van der Waals surface area contributed by atoms with Crippen molar-refractivity contribution in [2.24, 2.45) is 0 Å². The molecule has 4 aromatic rings. The lowest BCUT2D eigenvalue weighted by Crippen LogP contribution is -2.32. The van der Waals surface area contributed by atoms with Gasteiger partial charge in [-0.05, 0) is 24.6 Å². The summed E-state index contributed by atoms with van der Waals surface area (Å²) >= 11 is 1.09. The Balaban J connectivity index is 1.49. The second kappa shape index (κ2) is 7.67. The summed E-state index contributed by atoms with van der Waals surface area (Å²) in [4.78, 5) is 33.1. The third-order valence-electron chi connectivity index (χ3n) is 5.09. The van der Waals surface area contributed by atoms with E-state index in [1.807, 2.05) is 4.57 Å². The fourth-order valence-electron chi connectivity index (χ4n) is 3.42. The van der Waals surface area contributed by atoms with Crippen LogP contribution in [0.25, 0.3) is 21.6 Å². The summed E-state index contributed by atoms with van der Waals surface area (Å²) in [6.45, 7) is 1.31. The molecule has 31 heavy (non-hydrogen) atoms. The lowest BCUT2D eigenvalue weighted by molar-refractivity contribution is -0.0590. The van der Waals surface area contributed by atoms with Crippen molar-refractivity contribution in [1.82, 2.24) is 24.3 Å². The highest BCUT2D eigenvalue weighted by atomic mass is 32.1. The van der Waals surface area contributed by atoms with Crippen LogP contribution >= 0.6 is 11.3 Å². The minimum Gasteiger partial charge on any atom is -0.477 e. The molecule has 0 bridgehead atoms. The Bertz CT molecular complexity index is 1360. The summed E-state index contributed by atoms with van der Waals surface area (Å²) < 4.78 is 22.0. The third-order valence-corrected chi connectivity index (χ3v) is 6.09. The summed E-state index contributed by atoms with van der Waals surface area (Å²) in [5.74, 6) is -1.06. The highest BCUT2D eigenvalue weighted by Gasteiger charge is 2.24. The molecule has 5 heterocycles. The minimum atomic E-state index is -1.00. The number of rotatable bonds is 6. The molecule has 0 aromatic carbocycles. The smallest absolute Gasteiger partial charge is 0.346 e. The van der Waals surface area contributed by atoms with Crippen LogP contribution in [-0.2, 0) is 17.8 Å². The molecule has 0 amide bonds. The van der Waals surface area contributed by atoms with E-state index in [0.29, 0.717) is 40.6 Å². The number of carboxylic acid groups (broad SMARTS) is 1. The van der Waals surface area contributed by atoms with Crippen molar-refractivity contribution in [2.45, 2.75) is 25.6 Å². The molecule has 0 aliphatic carbocycles. The Labute approximate surface area is 178 Å². The fourth-order valence-corrected chi connectivity index (χ4v) is 4.31. The number of aromatic carboxylic acids is 1. The SMILES string of the molecule is O=C(O)c1cc2c(nc(Cn3ncc(-c4cccc(F)n4)cc3=O)n2C[C@@H]2CCO2)s1. The first-order valence-corrected chi connectivity index (χ1v) is 10.3. The minimum absolute atomic E-state index is 0.0236. The van der Waals surface area contributed by atoms with Crippen molar-refractivity contribution in [1.29, 1.82) is 0 Å². The number of fused-ring (bicyclic) bond motifs is 1. The van der Waals surface area contributed by atoms with Gasteiger partial charge < -0.3 is 14.4 Å². The van der Waals surface area contributed by atoms with E-state index >= 15 is 0 Å². The van der Waals surface area contributed by atoms with Gasteiger partial charge in [-0.15, -0.1) is 11.3 Å². The van der Waals surface area contributed by atoms with Gasteiger partial charge in [0.1, 0.15) is 22.1 Å². The summed E-state index contributed by atoms with van der Waals surface area (Å²) in [5, 5.41) is 13.5. The predicted octanol–water partition coefficient (Wildman–Crippen LogP) is 2.39. The largest absolute Gasteiger partial charge is 0.477 e. The van der Waals surface area contributed by atoms with E-state index in [1.54, 1.807) is 12.1 Å². The summed E-state index contributed by atoms with van der Waals surface area (Å²) in [7, 11) is 0. The maximum Gasteiger partial charge on any atom is 0.346 e. The molecule has 0 spiro atoms. The van der Waals surface area contributed by atoms with Gasteiger partial charge in [-0.25, -0.2) is 19.4 Å². The summed E-state index contributed by atoms with van der Waals surface area (Å²) in [6, 6.07) is 7.28. The summed E-state index contributed by atoms with van der Waals surface area (Å²) in [5.41, 5.74) is 1.05. The zero-order chi connectivity index (χ0) is 21.5. The van der Waals surface area contributed by atoms with Crippen LogP contribution in [0.15, 0.2) is 41.3 Å². The first-order valence-electron chi connectivity index (χ1n) is 9.52. The number of halogens is 1. The van der Waals surface area contributed by atoms with Gasteiger partial charge in [0.2, 0.25) is 5.95 Å². The Morgan fingerprint density at radius 3 is 2.84 bits per heavy atom. The molecule has 11 heteroatoms. The molecule has 1 fully saturated rings. The molecule has 0 saturated carbocycles. The predicted molar refractivity (Wildman–Crippen MR) is 110 cm³/mol. The van der Waals surface area contributed by atoms with Crippen LogP contribution in [0.5, 0.6) is 0 Å². The highest BCUT2D eigenvalue weighted by molar-refractivity contribution is 7.20. The Kier molecular flexibility index (Phi) is 4.83. The molecule has 9 nitrogen and oxygen atoms in total. The molecule has 1 atom stereocenters. The van der Waals surface area contributed by atoms with Gasteiger partial charge in [0.25, 0.3) is 5.56 Å². The van der Waals surface area contributed by atoms with E-state index in [2.05, 4.69) is 15.1 Å². The molecule has 158 valence electrons. The zero-order valence-electron chi connectivity index (χ0n) is 16.1. The fraction of sp³-hybridized carbons (Fsp3) is 0.250. The maximum absolute atomic E-state index is 13.4. The van der Waals surface area contributed by atoms with E-state index in [0.717, 1.165) is 17.8 Å². The average Bonchev–Trinajstić information content (AvgIpc) is 3.25. The van der Waals surface area contributed by atoms with E-state index in [1.165, 1.54) is 29.1 Å². The number of imidazole rings is 1. The number of ether oxygens (including phenoxy) is 1. The van der Waals surface area contributed by atoms with Crippen LogP contribution in [0.4, 0.5) is 4.39 Å². The molecular formula is C20H16FN5O4S. The average molecular weight is 441 g/mol. The molecule has 1 N–H and O–H groups in total. The van der Waals surface area contributed by atoms with Crippen molar-refractivity contribution in [2.75, 3.05) is 6.61 Å². The Morgan fingerprint density at radius 2 is 2.16 bits per heavy atom. The van der Waals surface area contributed by atoms with Gasteiger partial charge in [0, 0.05) is 18.2 Å². The van der Waals surface area contributed by atoms with Crippen LogP contribution in [0.3, 0.4) is 0 Å². The number of pyridine rings is 1. The van der Waals surface area contributed by atoms with Gasteiger partial charge >= 0.3 is 5.97 Å². The van der Waals surface area contributed by atoms with E-state index in [9.17, 15) is 19.1 Å². The lowest BCUT2D eigenvalue weighted by Gasteiger charge is -2.27. The molecule has 1 aliphatic rings. The van der Waals surface area contributed by atoms with E-state index < -0.39 is 11.9 Å². The number of hydrogen-bond donors (Lipinski definition) is 1. The Morgan fingerprint density at radius 1 is 1.32 bits per heavy atom. The van der Waals surface area contributed by atoms with Gasteiger partial charge in [0.15, 0.2) is 0 Å². The van der Waals surface area contributed by atoms with Crippen LogP contribution < -0.4 is 5.56 Å². The second-order valence-corrected chi connectivity index (χ2v) is 8.14. The lowest BCUT2D eigenvalue weighted by atomic mass is 10.2. The number of hydrogen-bond acceptors (Lipinski definition) is 7. The maximum atomic E-state index is 13.4. The number of carbonyl (C=O) groups is 1. The van der Waals surface area contributed by atoms with Crippen molar-refractivity contribution in [3.63, 3.8) is 0 Å². The summed E-state index contributed by atoms with van der Waals surface area (Å²) in [6.07, 6.45) is 2.38. The number of carboxylic acids is 1. The van der Waals surface area contributed by atoms with Gasteiger partial charge in [-0.2, -0.15) is 9.49 Å². The molecule has 4 aromatic heterocycles. The normalized spacial score (nSPS) is 15.8. The van der Waals surface area contributed by atoms with Crippen LogP contribution in [0.2, 0.25) is 0 Å². The van der Waals surface area contributed by atoms with Crippen LogP contribution in [0.1, 0.15) is 21.9 Å². The Hall–Kier alpha value is -3.44. The topological polar surface area (TPSA) is 112 Å². The zero-order valence-corrected chi connectivity index (χ0v) is 16.9. The van der Waals surface area contributed by atoms with Crippen molar-refractivity contribution < 1.29 is 19.0 Å². The monoisotopic (exact) mass is 441 g/mol. The van der Waals surface area contributed by atoms with Gasteiger partial charge in [0.05, 0.1) is 30.1 Å². The molecule has 0 radical (unpaired) electrons. The quantitative estimate of drug-likeness (QED) is 0.457. The molecular weight excluding hydrogens is 425 g/mol. The highest BCUT2D eigenvalue weighted by Crippen LogP contribution is 2.28. The first-order chi connectivity index (χ1) is 15.0. The standard InChI is InChI=1S/C20H16FN5O4S/c21-16-3-1-2-13(23-16)11-6-18(27)26(22-8-11)10-17-24-19-14(7-15(31-19)20(28)29)25(17)9-12-4-5-30-12/h1-3,6-8,12H,4-5,9-10H2,(H,28,29)/t12-/m0/s1. The van der Waals surface area contributed by atoms with E-state index in [4.69, 9.17) is 4.74 Å². The molecule has 1 aliphatic heterocycles. The van der Waals surface area contributed by atoms with Crippen LogP contribution in [0, 0.1) is 5.95 Å². The van der Waals surface area contributed by atoms with Gasteiger partial charge in [-0.1, -0.05) is 6.07 Å². The molecule has 0 unspecified atom stereocenters. The second-order valence-electron chi connectivity index (χ2n) is 7.11. The number of nitrogens with zero attached hydrogens (tertiary/aromatic N) is 5. The number of aromatic nitrogens is 5. The van der Waals surface area contributed by atoms with Crippen molar-refractivity contribution in [3.8, 4) is 11.3 Å². The third kappa shape index (κ3) is 3.73. The molecule has 5 rings (SSSR count). The van der Waals surface area contributed by atoms with Crippen LogP contribution in [-0.4, -0.2) is 48.1 Å². The van der Waals surface area contributed by atoms with Crippen molar-refractivity contribution >= 4 is 27.7 Å². The van der Waals surface area contributed by atoms with Crippen molar-refractivity contribution in [3.05, 3.63) is 63.5 Å². The van der Waals surface area contributed by atoms with Gasteiger partial charge in [-0.3, -0.25) is 4.79 Å². The first kappa shape index (κ1) is 19.5. The number of thiophene rings is 1. The molecule has 1 saturated heterocycles.